The third kappa shape index (κ3) is 5.49. The Hall–Kier alpha value is -2.02. The molecule has 0 saturated heterocycles. The summed E-state index contributed by atoms with van der Waals surface area (Å²) in [5.41, 5.74) is -0.274. The Bertz CT molecular complexity index is 708. The fraction of sp³-hybridized carbons (Fsp3) is 0.444. The van der Waals surface area contributed by atoms with Crippen molar-refractivity contribution in [1.82, 2.24) is 9.97 Å². The minimum atomic E-state index is -4.57. The number of aromatic nitrogens is 2. The van der Waals surface area contributed by atoms with E-state index in [0.29, 0.717) is 17.1 Å². The summed E-state index contributed by atoms with van der Waals surface area (Å²) >= 11 is 5.86. The van der Waals surface area contributed by atoms with Crippen molar-refractivity contribution in [2.75, 3.05) is 18.6 Å². The molecule has 1 aromatic heterocycles. The van der Waals surface area contributed by atoms with E-state index in [-0.39, 0.29) is 12.6 Å². The largest absolute Gasteiger partial charge is 0.477 e. The van der Waals surface area contributed by atoms with E-state index in [0.717, 1.165) is 25.5 Å². The van der Waals surface area contributed by atoms with Gasteiger partial charge in [0.25, 0.3) is 0 Å². The van der Waals surface area contributed by atoms with Crippen LogP contribution in [0, 0.1) is 0 Å². The molecule has 1 heterocycles. The van der Waals surface area contributed by atoms with Crippen molar-refractivity contribution in [2.24, 2.45) is 0 Å². The molecule has 0 atom stereocenters. The number of hydrogen-bond donors (Lipinski definition) is 0. The predicted molar refractivity (Wildman–Crippen MR) is 96.2 cm³/mol. The fourth-order valence-corrected chi connectivity index (χ4v) is 2.43. The van der Waals surface area contributed by atoms with Gasteiger partial charge in [0.1, 0.15) is 5.56 Å². The van der Waals surface area contributed by atoms with Gasteiger partial charge in [-0.3, -0.25) is 0 Å². The van der Waals surface area contributed by atoms with Crippen LogP contribution >= 0.6 is 11.6 Å². The number of rotatable bonds is 8. The van der Waals surface area contributed by atoms with Gasteiger partial charge in [0.2, 0.25) is 11.8 Å². The molecule has 0 fully saturated rings. The van der Waals surface area contributed by atoms with Gasteiger partial charge >= 0.3 is 6.18 Å². The van der Waals surface area contributed by atoms with Gasteiger partial charge < -0.3 is 9.64 Å². The van der Waals surface area contributed by atoms with Crippen LogP contribution in [0.5, 0.6) is 5.88 Å². The number of benzene rings is 1. The standard InChI is InChI=1S/C18H21ClF3N3O/c1-3-4-5-6-11-26-16-15(18(20,21)22)12-23-17(24-16)25(2)14-9-7-13(19)8-10-14/h7-10,12H,3-6,11H2,1-2H3. The summed E-state index contributed by atoms with van der Waals surface area (Å²) in [6, 6.07) is 6.83. The van der Waals surface area contributed by atoms with Crippen molar-refractivity contribution in [2.45, 2.75) is 38.8 Å². The molecule has 0 spiro atoms. The molecule has 0 bridgehead atoms. The Kier molecular flexibility index (Phi) is 7.08. The molecular weight excluding hydrogens is 367 g/mol. The van der Waals surface area contributed by atoms with E-state index in [1.165, 1.54) is 0 Å². The zero-order valence-electron chi connectivity index (χ0n) is 14.7. The molecule has 0 saturated carbocycles. The van der Waals surface area contributed by atoms with E-state index < -0.39 is 17.6 Å². The Labute approximate surface area is 156 Å². The van der Waals surface area contributed by atoms with E-state index in [9.17, 15) is 13.2 Å². The van der Waals surface area contributed by atoms with Gasteiger partial charge in [-0.15, -0.1) is 0 Å². The molecule has 0 unspecified atom stereocenters. The Morgan fingerprint density at radius 2 is 1.81 bits per heavy atom. The summed E-state index contributed by atoms with van der Waals surface area (Å²) in [5, 5.41) is 0.562. The number of anilines is 2. The number of halogens is 4. The zero-order chi connectivity index (χ0) is 19.2. The average Bonchev–Trinajstić information content (AvgIpc) is 2.60. The summed E-state index contributed by atoms with van der Waals surface area (Å²) in [7, 11) is 1.66. The second-order valence-corrected chi connectivity index (χ2v) is 6.27. The van der Waals surface area contributed by atoms with Gasteiger partial charge in [-0.2, -0.15) is 18.2 Å². The monoisotopic (exact) mass is 387 g/mol. The molecule has 4 nitrogen and oxygen atoms in total. The molecule has 0 aliphatic heterocycles. The quantitative estimate of drug-likeness (QED) is 0.530. The molecule has 0 amide bonds. The van der Waals surface area contributed by atoms with E-state index >= 15 is 0 Å². The minimum absolute atomic E-state index is 0.115. The van der Waals surface area contributed by atoms with Gasteiger partial charge in [0.05, 0.1) is 6.61 Å². The molecule has 142 valence electrons. The second kappa shape index (κ2) is 9.07. The maximum Gasteiger partial charge on any atom is 0.423 e. The molecule has 0 aliphatic rings. The number of nitrogens with zero attached hydrogens (tertiary/aromatic N) is 3. The van der Waals surface area contributed by atoms with Crippen LogP contribution in [0.3, 0.4) is 0 Å². The molecule has 0 N–H and O–H groups in total. The van der Waals surface area contributed by atoms with Gasteiger partial charge in [0, 0.05) is 24.0 Å². The summed E-state index contributed by atoms with van der Waals surface area (Å²) in [6.07, 6.45) is -0.175. The third-order valence-electron chi connectivity index (χ3n) is 3.80. The predicted octanol–water partition coefficient (Wildman–Crippen LogP) is 5.88. The van der Waals surface area contributed by atoms with Crippen molar-refractivity contribution < 1.29 is 17.9 Å². The molecule has 0 radical (unpaired) electrons. The van der Waals surface area contributed by atoms with Crippen LogP contribution in [0.2, 0.25) is 5.02 Å². The molecule has 8 heteroatoms. The van der Waals surface area contributed by atoms with E-state index in [1.807, 2.05) is 0 Å². The van der Waals surface area contributed by atoms with E-state index in [4.69, 9.17) is 16.3 Å². The smallest absolute Gasteiger partial charge is 0.423 e. The van der Waals surface area contributed by atoms with Crippen molar-refractivity contribution in [3.63, 3.8) is 0 Å². The maximum atomic E-state index is 13.2. The highest BCUT2D eigenvalue weighted by Crippen LogP contribution is 2.36. The van der Waals surface area contributed by atoms with Gasteiger partial charge in [-0.25, -0.2) is 4.98 Å². The highest BCUT2D eigenvalue weighted by Gasteiger charge is 2.36. The Morgan fingerprint density at radius 1 is 1.12 bits per heavy atom. The number of alkyl halides is 3. The highest BCUT2D eigenvalue weighted by atomic mass is 35.5. The summed E-state index contributed by atoms with van der Waals surface area (Å²) in [4.78, 5) is 9.41. The Balaban J connectivity index is 2.22. The van der Waals surface area contributed by atoms with Crippen LogP contribution in [0.4, 0.5) is 24.8 Å². The van der Waals surface area contributed by atoms with Crippen LogP contribution in [-0.2, 0) is 6.18 Å². The van der Waals surface area contributed by atoms with Crippen LogP contribution in [0.15, 0.2) is 30.5 Å². The van der Waals surface area contributed by atoms with Crippen LogP contribution < -0.4 is 9.64 Å². The summed E-state index contributed by atoms with van der Waals surface area (Å²) in [6.45, 7) is 2.25. The lowest BCUT2D eigenvalue weighted by Gasteiger charge is -2.19. The molecular formula is C18H21ClF3N3O. The van der Waals surface area contributed by atoms with Gasteiger partial charge in [0.15, 0.2) is 0 Å². The van der Waals surface area contributed by atoms with Crippen LogP contribution in [-0.4, -0.2) is 23.6 Å². The lowest BCUT2D eigenvalue weighted by atomic mass is 10.2. The van der Waals surface area contributed by atoms with Crippen LogP contribution in [0.1, 0.15) is 38.2 Å². The highest BCUT2D eigenvalue weighted by molar-refractivity contribution is 6.30. The first-order chi connectivity index (χ1) is 12.3. The van der Waals surface area contributed by atoms with Gasteiger partial charge in [-0.1, -0.05) is 37.8 Å². The number of unbranched alkanes of at least 4 members (excludes halogenated alkanes) is 3. The average molecular weight is 388 g/mol. The lowest BCUT2D eigenvalue weighted by molar-refractivity contribution is -0.139. The van der Waals surface area contributed by atoms with E-state index in [1.54, 1.807) is 36.2 Å². The minimum Gasteiger partial charge on any atom is -0.477 e. The van der Waals surface area contributed by atoms with E-state index in [2.05, 4.69) is 16.9 Å². The number of hydrogen-bond acceptors (Lipinski definition) is 4. The second-order valence-electron chi connectivity index (χ2n) is 5.83. The van der Waals surface area contributed by atoms with Gasteiger partial charge in [-0.05, 0) is 30.7 Å². The SMILES string of the molecule is CCCCCCOc1nc(N(C)c2ccc(Cl)cc2)ncc1C(F)(F)F. The first kappa shape index (κ1) is 20.3. The summed E-state index contributed by atoms with van der Waals surface area (Å²) < 4.78 is 44.9. The normalized spacial score (nSPS) is 11.5. The van der Waals surface area contributed by atoms with Crippen molar-refractivity contribution >= 4 is 23.2 Å². The third-order valence-corrected chi connectivity index (χ3v) is 4.05. The lowest BCUT2D eigenvalue weighted by Crippen LogP contribution is -2.17. The first-order valence-electron chi connectivity index (χ1n) is 8.39. The number of ether oxygens (including phenoxy) is 1. The molecule has 2 rings (SSSR count). The maximum absolute atomic E-state index is 13.2. The summed E-state index contributed by atoms with van der Waals surface area (Å²) in [5.74, 6) is -0.330. The van der Waals surface area contributed by atoms with Crippen molar-refractivity contribution in [1.29, 1.82) is 0 Å². The van der Waals surface area contributed by atoms with Crippen molar-refractivity contribution in [3.8, 4) is 5.88 Å². The van der Waals surface area contributed by atoms with Crippen molar-refractivity contribution in [3.05, 3.63) is 41.0 Å². The molecule has 2 aromatic rings. The topological polar surface area (TPSA) is 38.2 Å². The first-order valence-corrected chi connectivity index (χ1v) is 8.77. The molecule has 0 aliphatic carbocycles. The molecule has 1 aromatic carbocycles. The fourth-order valence-electron chi connectivity index (χ4n) is 2.30. The van der Waals surface area contributed by atoms with Crippen LogP contribution in [0.25, 0.3) is 0 Å². The Morgan fingerprint density at radius 3 is 2.42 bits per heavy atom. The zero-order valence-corrected chi connectivity index (χ0v) is 15.4. The molecule has 26 heavy (non-hydrogen) atoms.